The van der Waals surface area contributed by atoms with Gasteiger partial charge in [-0.25, -0.2) is 0 Å². The molecule has 17 heavy (non-hydrogen) atoms. The fourth-order valence-electron chi connectivity index (χ4n) is 2.35. The Balaban J connectivity index is 2.15. The predicted octanol–water partition coefficient (Wildman–Crippen LogP) is 2.92. The highest BCUT2D eigenvalue weighted by Gasteiger charge is 2.13. The zero-order valence-corrected chi connectivity index (χ0v) is 11.8. The van der Waals surface area contributed by atoms with Gasteiger partial charge in [-0.15, -0.1) is 0 Å². The average molecular weight is 239 g/mol. The smallest absolute Gasteiger partial charge is 0.191 e. The van der Waals surface area contributed by atoms with Gasteiger partial charge in [0.15, 0.2) is 5.96 Å². The molecule has 100 valence electrons. The summed E-state index contributed by atoms with van der Waals surface area (Å²) in [6, 6.07) is 0.639. The molecule has 0 radical (unpaired) electrons. The third kappa shape index (κ3) is 6.54. The normalized spacial score (nSPS) is 18.5. The van der Waals surface area contributed by atoms with Crippen LogP contribution >= 0.6 is 0 Å². The lowest BCUT2D eigenvalue weighted by atomic mass is 9.96. The van der Waals surface area contributed by atoms with Crippen LogP contribution in [0.5, 0.6) is 0 Å². The maximum atomic E-state index is 4.29. The second kappa shape index (κ2) is 8.37. The first-order valence-corrected chi connectivity index (χ1v) is 7.19. The van der Waals surface area contributed by atoms with Gasteiger partial charge >= 0.3 is 0 Å². The van der Waals surface area contributed by atoms with Crippen LogP contribution in [-0.4, -0.2) is 25.6 Å². The van der Waals surface area contributed by atoms with E-state index in [9.17, 15) is 0 Å². The minimum Gasteiger partial charge on any atom is -0.356 e. The Kier molecular flexibility index (Phi) is 7.06. The summed E-state index contributed by atoms with van der Waals surface area (Å²) < 4.78 is 0. The molecule has 0 atom stereocenters. The summed E-state index contributed by atoms with van der Waals surface area (Å²) >= 11 is 0. The molecule has 0 unspecified atom stereocenters. The van der Waals surface area contributed by atoms with Crippen molar-refractivity contribution < 1.29 is 0 Å². The summed E-state index contributed by atoms with van der Waals surface area (Å²) in [4.78, 5) is 4.29. The summed E-state index contributed by atoms with van der Waals surface area (Å²) in [6.45, 7) is 5.58. The highest BCUT2D eigenvalue weighted by Crippen LogP contribution is 2.17. The predicted molar refractivity (Wildman–Crippen MR) is 75.4 cm³/mol. The molecule has 3 heteroatoms. The Labute approximate surface area is 106 Å². The molecule has 0 bridgehead atoms. The molecule has 0 aromatic rings. The van der Waals surface area contributed by atoms with E-state index in [1.807, 2.05) is 7.05 Å². The first kappa shape index (κ1) is 14.3. The van der Waals surface area contributed by atoms with Gasteiger partial charge in [0.2, 0.25) is 0 Å². The van der Waals surface area contributed by atoms with E-state index in [1.54, 1.807) is 0 Å². The van der Waals surface area contributed by atoms with Crippen molar-refractivity contribution >= 4 is 5.96 Å². The zero-order valence-electron chi connectivity index (χ0n) is 11.8. The molecule has 0 aromatic carbocycles. The van der Waals surface area contributed by atoms with Crippen LogP contribution in [-0.2, 0) is 0 Å². The third-order valence-electron chi connectivity index (χ3n) is 3.42. The SMILES string of the molecule is CN=C(NCCCC(C)C)NC1CCCCC1. The number of hydrogen-bond acceptors (Lipinski definition) is 1. The molecule has 0 saturated heterocycles. The second-order valence-corrected chi connectivity index (χ2v) is 5.51. The van der Waals surface area contributed by atoms with E-state index in [0.29, 0.717) is 6.04 Å². The van der Waals surface area contributed by atoms with E-state index in [-0.39, 0.29) is 0 Å². The van der Waals surface area contributed by atoms with Gasteiger partial charge < -0.3 is 10.6 Å². The van der Waals surface area contributed by atoms with Gasteiger partial charge in [-0.05, 0) is 31.6 Å². The monoisotopic (exact) mass is 239 g/mol. The Bertz CT molecular complexity index is 218. The Morgan fingerprint density at radius 2 is 1.94 bits per heavy atom. The summed E-state index contributed by atoms with van der Waals surface area (Å²) in [7, 11) is 1.86. The van der Waals surface area contributed by atoms with Crippen LogP contribution in [0.4, 0.5) is 0 Å². The summed E-state index contributed by atoms with van der Waals surface area (Å²) in [5.41, 5.74) is 0. The molecule has 1 rings (SSSR count). The molecular weight excluding hydrogens is 210 g/mol. The minimum absolute atomic E-state index is 0.639. The van der Waals surface area contributed by atoms with Crippen molar-refractivity contribution in [3.63, 3.8) is 0 Å². The largest absolute Gasteiger partial charge is 0.356 e. The van der Waals surface area contributed by atoms with Crippen LogP contribution in [0.25, 0.3) is 0 Å². The topological polar surface area (TPSA) is 36.4 Å². The van der Waals surface area contributed by atoms with Crippen LogP contribution in [0.15, 0.2) is 4.99 Å². The lowest BCUT2D eigenvalue weighted by Crippen LogP contribution is -2.44. The highest BCUT2D eigenvalue weighted by molar-refractivity contribution is 5.79. The molecule has 2 N–H and O–H groups in total. The van der Waals surface area contributed by atoms with Crippen molar-refractivity contribution in [3.8, 4) is 0 Å². The van der Waals surface area contributed by atoms with E-state index < -0.39 is 0 Å². The van der Waals surface area contributed by atoms with Gasteiger partial charge in [-0.1, -0.05) is 33.1 Å². The van der Waals surface area contributed by atoms with Crippen molar-refractivity contribution in [2.45, 2.75) is 64.8 Å². The van der Waals surface area contributed by atoms with Crippen molar-refractivity contribution in [2.24, 2.45) is 10.9 Å². The molecule has 3 nitrogen and oxygen atoms in total. The summed E-state index contributed by atoms with van der Waals surface area (Å²) in [6.07, 6.45) is 9.23. The van der Waals surface area contributed by atoms with Crippen LogP contribution < -0.4 is 10.6 Å². The molecular formula is C14H29N3. The summed E-state index contributed by atoms with van der Waals surface area (Å²) in [5.74, 6) is 1.78. The number of guanidine groups is 1. The molecule has 0 amide bonds. The van der Waals surface area contributed by atoms with Gasteiger partial charge in [0.05, 0.1) is 0 Å². The van der Waals surface area contributed by atoms with E-state index in [2.05, 4.69) is 29.5 Å². The lowest BCUT2D eigenvalue weighted by Gasteiger charge is -2.24. The van der Waals surface area contributed by atoms with E-state index in [4.69, 9.17) is 0 Å². The standard InChI is InChI=1S/C14H29N3/c1-12(2)8-7-11-16-14(15-3)17-13-9-5-4-6-10-13/h12-13H,4-11H2,1-3H3,(H2,15,16,17). The minimum atomic E-state index is 0.639. The van der Waals surface area contributed by atoms with Gasteiger partial charge in [0, 0.05) is 19.6 Å². The molecule has 0 spiro atoms. The quantitative estimate of drug-likeness (QED) is 0.440. The number of hydrogen-bond donors (Lipinski definition) is 2. The highest BCUT2D eigenvalue weighted by atomic mass is 15.2. The Morgan fingerprint density at radius 3 is 2.53 bits per heavy atom. The fraction of sp³-hybridized carbons (Fsp3) is 0.929. The first-order chi connectivity index (χ1) is 8.22. The maximum absolute atomic E-state index is 4.29. The lowest BCUT2D eigenvalue weighted by molar-refractivity contribution is 0.409. The Morgan fingerprint density at radius 1 is 1.24 bits per heavy atom. The molecule has 1 saturated carbocycles. The molecule has 1 aliphatic carbocycles. The van der Waals surface area contributed by atoms with E-state index >= 15 is 0 Å². The number of nitrogens with one attached hydrogen (secondary N) is 2. The van der Waals surface area contributed by atoms with Crippen molar-refractivity contribution in [3.05, 3.63) is 0 Å². The molecule has 1 fully saturated rings. The average Bonchev–Trinajstić information content (AvgIpc) is 2.34. The number of aliphatic imine (C=N–C) groups is 1. The van der Waals surface area contributed by atoms with Crippen LogP contribution in [0.3, 0.4) is 0 Å². The fourth-order valence-corrected chi connectivity index (χ4v) is 2.35. The Hall–Kier alpha value is -0.730. The molecule has 0 heterocycles. The molecule has 0 aliphatic heterocycles. The van der Waals surface area contributed by atoms with E-state index in [0.717, 1.165) is 18.4 Å². The van der Waals surface area contributed by atoms with Gasteiger partial charge in [0.1, 0.15) is 0 Å². The number of rotatable bonds is 5. The first-order valence-electron chi connectivity index (χ1n) is 7.19. The second-order valence-electron chi connectivity index (χ2n) is 5.51. The van der Waals surface area contributed by atoms with E-state index in [1.165, 1.54) is 44.9 Å². The third-order valence-corrected chi connectivity index (χ3v) is 3.42. The zero-order chi connectivity index (χ0) is 12.5. The van der Waals surface area contributed by atoms with Crippen molar-refractivity contribution in [1.29, 1.82) is 0 Å². The molecule has 1 aliphatic rings. The molecule has 0 aromatic heterocycles. The van der Waals surface area contributed by atoms with Crippen molar-refractivity contribution in [2.75, 3.05) is 13.6 Å². The van der Waals surface area contributed by atoms with Gasteiger partial charge in [0.25, 0.3) is 0 Å². The summed E-state index contributed by atoms with van der Waals surface area (Å²) in [5, 5.41) is 6.94. The van der Waals surface area contributed by atoms with Gasteiger partial charge in [-0.2, -0.15) is 0 Å². The number of nitrogens with zero attached hydrogens (tertiary/aromatic N) is 1. The van der Waals surface area contributed by atoms with Crippen LogP contribution in [0.1, 0.15) is 58.8 Å². The maximum Gasteiger partial charge on any atom is 0.191 e. The van der Waals surface area contributed by atoms with Crippen molar-refractivity contribution in [1.82, 2.24) is 10.6 Å². The van der Waals surface area contributed by atoms with Gasteiger partial charge in [-0.3, -0.25) is 4.99 Å². The van der Waals surface area contributed by atoms with Crippen LogP contribution in [0, 0.1) is 5.92 Å². The van der Waals surface area contributed by atoms with Crippen LogP contribution in [0.2, 0.25) is 0 Å².